The van der Waals surface area contributed by atoms with Gasteiger partial charge in [-0.2, -0.15) is 0 Å². The van der Waals surface area contributed by atoms with Crippen molar-refractivity contribution in [2.75, 3.05) is 18.4 Å². The number of sulfonamides is 1. The van der Waals surface area contributed by atoms with Crippen molar-refractivity contribution >= 4 is 33.2 Å². The van der Waals surface area contributed by atoms with Crippen LogP contribution >= 0.6 is 11.6 Å². The Kier molecular flexibility index (Phi) is 6.00. The molecule has 0 aliphatic rings. The zero-order valence-electron chi connectivity index (χ0n) is 16.3. The van der Waals surface area contributed by atoms with Crippen molar-refractivity contribution in [2.24, 2.45) is 0 Å². The molecule has 0 saturated carbocycles. The standard InChI is InChI=1S/C21H21ClN2O4S/c1-15-6-9-18(10-7-15)29(26,27)24(3)16-8-11-19(20(22)13-16)21(25)23(2)14-17-5-4-12-28-17/h4-13H,14H2,1-3H3. The van der Waals surface area contributed by atoms with Crippen molar-refractivity contribution in [1.82, 2.24) is 4.90 Å². The molecule has 1 aromatic heterocycles. The Balaban J connectivity index is 1.83. The molecule has 1 amide bonds. The smallest absolute Gasteiger partial charge is 0.264 e. The third kappa shape index (κ3) is 4.46. The summed E-state index contributed by atoms with van der Waals surface area (Å²) in [5.74, 6) is 0.361. The highest BCUT2D eigenvalue weighted by Gasteiger charge is 2.23. The van der Waals surface area contributed by atoms with Gasteiger partial charge in [-0.15, -0.1) is 0 Å². The predicted octanol–water partition coefficient (Wildman–Crippen LogP) is 4.34. The Morgan fingerprint density at radius 1 is 1.07 bits per heavy atom. The molecule has 8 heteroatoms. The average molecular weight is 433 g/mol. The number of anilines is 1. The Morgan fingerprint density at radius 3 is 2.34 bits per heavy atom. The van der Waals surface area contributed by atoms with Crippen LogP contribution in [0.4, 0.5) is 5.69 Å². The van der Waals surface area contributed by atoms with Gasteiger partial charge in [-0.1, -0.05) is 29.3 Å². The van der Waals surface area contributed by atoms with E-state index in [4.69, 9.17) is 16.0 Å². The van der Waals surface area contributed by atoms with Gasteiger partial charge in [0.05, 0.1) is 34.0 Å². The topological polar surface area (TPSA) is 70.8 Å². The lowest BCUT2D eigenvalue weighted by molar-refractivity contribution is 0.0775. The van der Waals surface area contributed by atoms with Gasteiger partial charge in [-0.25, -0.2) is 8.42 Å². The molecule has 0 radical (unpaired) electrons. The minimum atomic E-state index is -3.74. The molecule has 0 bridgehead atoms. The molecule has 0 saturated heterocycles. The highest BCUT2D eigenvalue weighted by molar-refractivity contribution is 7.92. The molecule has 1 heterocycles. The summed E-state index contributed by atoms with van der Waals surface area (Å²) in [6.07, 6.45) is 1.54. The van der Waals surface area contributed by atoms with Crippen LogP contribution in [0.2, 0.25) is 5.02 Å². The molecule has 0 atom stereocenters. The number of amides is 1. The van der Waals surface area contributed by atoms with Crippen molar-refractivity contribution < 1.29 is 17.6 Å². The molecule has 0 unspecified atom stereocenters. The summed E-state index contributed by atoms with van der Waals surface area (Å²) in [5.41, 5.74) is 1.61. The molecule has 0 N–H and O–H groups in total. The summed E-state index contributed by atoms with van der Waals surface area (Å²) in [5, 5.41) is 0.171. The first-order valence-corrected chi connectivity index (χ1v) is 10.6. The quantitative estimate of drug-likeness (QED) is 0.581. The Bertz CT molecular complexity index is 1110. The Hall–Kier alpha value is -2.77. The van der Waals surface area contributed by atoms with E-state index in [-0.39, 0.29) is 21.4 Å². The van der Waals surface area contributed by atoms with E-state index in [1.165, 1.54) is 24.1 Å². The van der Waals surface area contributed by atoms with Crippen LogP contribution in [0.5, 0.6) is 0 Å². The predicted molar refractivity (Wildman–Crippen MR) is 113 cm³/mol. The normalized spacial score (nSPS) is 11.3. The number of hydrogen-bond donors (Lipinski definition) is 0. The van der Waals surface area contributed by atoms with Crippen molar-refractivity contribution in [2.45, 2.75) is 18.4 Å². The fourth-order valence-corrected chi connectivity index (χ4v) is 4.24. The van der Waals surface area contributed by atoms with Crippen LogP contribution in [0.3, 0.4) is 0 Å². The number of halogens is 1. The number of hydrogen-bond acceptors (Lipinski definition) is 4. The van der Waals surface area contributed by atoms with Crippen LogP contribution in [0, 0.1) is 6.92 Å². The molecule has 3 rings (SSSR count). The molecule has 0 aliphatic carbocycles. The van der Waals surface area contributed by atoms with Crippen LogP contribution in [-0.4, -0.2) is 33.3 Å². The van der Waals surface area contributed by atoms with E-state index in [2.05, 4.69) is 0 Å². The van der Waals surface area contributed by atoms with E-state index in [1.807, 2.05) is 6.92 Å². The monoisotopic (exact) mass is 432 g/mol. The largest absolute Gasteiger partial charge is 0.467 e. The highest BCUT2D eigenvalue weighted by Crippen LogP contribution is 2.28. The molecule has 152 valence electrons. The van der Waals surface area contributed by atoms with Gasteiger partial charge in [0.1, 0.15) is 5.76 Å². The third-order valence-corrected chi connectivity index (χ3v) is 6.66. The fourth-order valence-electron chi connectivity index (χ4n) is 2.79. The fraction of sp³-hybridized carbons (Fsp3) is 0.190. The molecule has 0 aliphatic heterocycles. The molecule has 0 fully saturated rings. The van der Waals surface area contributed by atoms with Gasteiger partial charge >= 0.3 is 0 Å². The van der Waals surface area contributed by atoms with E-state index in [0.29, 0.717) is 18.0 Å². The van der Waals surface area contributed by atoms with Gasteiger partial charge in [0.2, 0.25) is 0 Å². The van der Waals surface area contributed by atoms with Gasteiger partial charge in [0.15, 0.2) is 0 Å². The number of carbonyl (C=O) groups is 1. The van der Waals surface area contributed by atoms with E-state index in [9.17, 15) is 13.2 Å². The number of nitrogens with zero attached hydrogens (tertiary/aromatic N) is 2. The molecular weight excluding hydrogens is 412 g/mol. The second-order valence-electron chi connectivity index (χ2n) is 6.69. The van der Waals surface area contributed by atoms with Crippen LogP contribution < -0.4 is 4.31 Å². The van der Waals surface area contributed by atoms with E-state index < -0.39 is 10.0 Å². The average Bonchev–Trinajstić information content (AvgIpc) is 3.20. The second kappa shape index (κ2) is 8.31. The van der Waals surface area contributed by atoms with Gasteiger partial charge in [-0.3, -0.25) is 9.10 Å². The van der Waals surface area contributed by atoms with Gasteiger partial charge in [0.25, 0.3) is 15.9 Å². The number of carbonyl (C=O) groups excluding carboxylic acids is 1. The number of furan rings is 1. The minimum Gasteiger partial charge on any atom is -0.467 e. The lowest BCUT2D eigenvalue weighted by Crippen LogP contribution is -2.28. The first-order chi connectivity index (χ1) is 13.7. The Morgan fingerprint density at radius 2 is 1.76 bits per heavy atom. The van der Waals surface area contributed by atoms with E-state index in [0.717, 1.165) is 9.87 Å². The molecule has 6 nitrogen and oxygen atoms in total. The summed E-state index contributed by atoms with van der Waals surface area (Å²) < 4.78 is 32.1. The zero-order valence-corrected chi connectivity index (χ0v) is 17.9. The summed E-state index contributed by atoms with van der Waals surface area (Å²) in [7, 11) is -0.651. The molecule has 0 spiro atoms. The first-order valence-electron chi connectivity index (χ1n) is 8.83. The minimum absolute atomic E-state index is 0.171. The van der Waals surface area contributed by atoms with Gasteiger partial charge < -0.3 is 9.32 Å². The first kappa shape index (κ1) is 21.0. The zero-order chi connectivity index (χ0) is 21.2. The lowest BCUT2D eigenvalue weighted by atomic mass is 10.1. The SMILES string of the molecule is Cc1ccc(S(=O)(=O)N(C)c2ccc(C(=O)N(C)Cc3ccco3)c(Cl)c2)cc1. The van der Waals surface area contributed by atoms with Crippen LogP contribution in [0.1, 0.15) is 21.7 Å². The molecular formula is C21H21ClN2O4S. The van der Waals surface area contributed by atoms with Crippen molar-refractivity contribution in [3.8, 4) is 0 Å². The van der Waals surface area contributed by atoms with Crippen molar-refractivity contribution in [3.05, 3.63) is 82.8 Å². The lowest BCUT2D eigenvalue weighted by Gasteiger charge is -2.21. The van der Waals surface area contributed by atoms with Crippen LogP contribution in [-0.2, 0) is 16.6 Å². The number of benzene rings is 2. The van der Waals surface area contributed by atoms with E-state index >= 15 is 0 Å². The maximum absolute atomic E-state index is 12.9. The van der Waals surface area contributed by atoms with Crippen LogP contribution in [0.25, 0.3) is 0 Å². The van der Waals surface area contributed by atoms with Gasteiger partial charge in [0, 0.05) is 14.1 Å². The number of aryl methyl sites for hydroxylation is 1. The van der Waals surface area contributed by atoms with Crippen LogP contribution in [0.15, 0.2) is 70.2 Å². The summed E-state index contributed by atoms with van der Waals surface area (Å²) >= 11 is 6.32. The molecule has 2 aromatic carbocycles. The highest BCUT2D eigenvalue weighted by atomic mass is 35.5. The molecule has 3 aromatic rings. The molecule has 29 heavy (non-hydrogen) atoms. The summed E-state index contributed by atoms with van der Waals surface area (Å²) in [6.45, 7) is 2.18. The second-order valence-corrected chi connectivity index (χ2v) is 9.07. The van der Waals surface area contributed by atoms with Crippen molar-refractivity contribution in [3.63, 3.8) is 0 Å². The Labute approximate surface area is 175 Å². The van der Waals surface area contributed by atoms with Crippen molar-refractivity contribution in [1.29, 1.82) is 0 Å². The summed E-state index contributed by atoms with van der Waals surface area (Å²) in [4.78, 5) is 14.4. The summed E-state index contributed by atoms with van der Waals surface area (Å²) in [6, 6.07) is 14.7. The third-order valence-electron chi connectivity index (χ3n) is 4.55. The number of rotatable bonds is 6. The maximum Gasteiger partial charge on any atom is 0.264 e. The van der Waals surface area contributed by atoms with Gasteiger partial charge in [-0.05, 0) is 49.4 Å². The van der Waals surface area contributed by atoms with E-state index in [1.54, 1.807) is 55.8 Å². The maximum atomic E-state index is 12.9.